The minimum Gasteiger partial charge on any atom is -0.495 e. The van der Waals surface area contributed by atoms with E-state index in [0.717, 1.165) is 17.7 Å². The van der Waals surface area contributed by atoms with Crippen LogP contribution in [0.5, 0.6) is 5.75 Å². The number of hydrogen-bond donors (Lipinski definition) is 1. The van der Waals surface area contributed by atoms with Crippen LogP contribution in [0.2, 0.25) is 0 Å². The van der Waals surface area contributed by atoms with Crippen molar-refractivity contribution in [1.82, 2.24) is 14.9 Å². The van der Waals surface area contributed by atoms with Gasteiger partial charge in [0, 0.05) is 40.6 Å². The molecule has 0 saturated carbocycles. The van der Waals surface area contributed by atoms with Gasteiger partial charge < -0.3 is 15.0 Å². The topological polar surface area (TPSA) is 67.3 Å². The monoisotopic (exact) mass is 484 g/mol. The number of pyridine rings is 2. The number of alkyl halides is 1. The van der Waals surface area contributed by atoms with Gasteiger partial charge in [-0.2, -0.15) is 0 Å². The fourth-order valence-corrected chi connectivity index (χ4v) is 4.26. The van der Waals surface area contributed by atoms with Crippen molar-refractivity contribution in [1.29, 1.82) is 0 Å². The molecule has 0 fully saturated rings. The number of carbonyl (C=O) groups excluding carboxylic acids is 1. The quantitative estimate of drug-likeness (QED) is 0.460. The highest BCUT2D eigenvalue weighted by molar-refractivity contribution is 5.99. The van der Waals surface area contributed by atoms with Gasteiger partial charge in [0.1, 0.15) is 28.9 Å². The number of hydrogen-bond acceptors (Lipinski definition) is 5. The summed E-state index contributed by atoms with van der Waals surface area (Å²) in [6.45, 7) is 7.24. The number of methoxy groups -OCH3 is 1. The molecule has 0 saturated heterocycles. The number of nitrogens with one attached hydrogen (secondary N) is 1. The van der Waals surface area contributed by atoms with Crippen molar-refractivity contribution < 1.29 is 22.7 Å². The average Bonchev–Trinajstić information content (AvgIpc) is 3.16. The molecule has 1 unspecified atom stereocenters. The maximum atomic E-state index is 15.2. The zero-order valence-electron chi connectivity index (χ0n) is 20.2. The fourth-order valence-electron chi connectivity index (χ4n) is 4.26. The first kappa shape index (κ1) is 24.5. The fraction of sp³-hybridized carbons (Fsp3) is 0.346. The number of fused-ring (bicyclic) bond motifs is 1. The summed E-state index contributed by atoms with van der Waals surface area (Å²) >= 11 is 0. The molecule has 0 aliphatic carbocycles. The van der Waals surface area contributed by atoms with Crippen molar-refractivity contribution in [2.75, 3.05) is 19.0 Å². The summed E-state index contributed by atoms with van der Waals surface area (Å²) in [4.78, 5) is 22.6. The van der Waals surface area contributed by atoms with Crippen LogP contribution in [0.1, 0.15) is 60.8 Å². The highest BCUT2D eigenvalue weighted by Gasteiger charge is 2.30. The van der Waals surface area contributed by atoms with Crippen LogP contribution < -0.4 is 10.1 Å². The third-order valence-corrected chi connectivity index (χ3v) is 6.21. The van der Waals surface area contributed by atoms with Crippen LogP contribution in [0.4, 0.5) is 19.0 Å². The van der Waals surface area contributed by atoms with Crippen molar-refractivity contribution >= 4 is 11.7 Å². The zero-order chi connectivity index (χ0) is 25.5. The Bertz CT molecular complexity index is 1290. The van der Waals surface area contributed by atoms with Gasteiger partial charge in [0.2, 0.25) is 0 Å². The lowest BCUT2D eigenvalue weighted by Gasteiger charge is -2.20. The van der Waals surface area contributed by atoms with Crippen molar-refractivity contribution in [3.8, 4) is 17.0 Å². The third-order valence-electron chi connectivity index (χ3n) is 6.21. The van der Waals surface area contributed by atoms with Crippen LogP contribution in [0, 0.1) is 11.6 Å². The van der Waals surface area contributed by atoms with Crippen LogP contribution in [-0.2, 0) is 12.2 Å². The maximum Gasteiger partial charge on any atom is 0.254 e. The summed E-state index contributed by atoms with van der Waals surface area (Å²) in [7, 11) is 1.39. The molecule has 3 heterocycles. The van der Waals surface area contributed by atoms with E-state index >= 15 is 8.78 Å². The van der Waals surface area contributed by atoms with Crippen LogP contribution in [0.3, 0.4) is 0 Å². The summed E-state index contributed by atoms with van der Waals surface area (Å²) in [6, 6.07) is 4.53. The van der Waals surface area contributed by atoms with Crippen molar-refractivity contribution in [3.05, 3.63) is 70.5 Å². The predicted molar refractivity (Wildman–Crippen MR) is 127 cm³/mol. The van der Waals surface area contributed by atoms with Crippen LogP contribution >= 0.6 is 0 Å². The molecule has 6 nitrogen and oxygen atoms in total. The Kier molecular flexibility index (Phi) is 6.44. The largest absolute Gasteiger partial charge is 0.495 e. The Morgan fingerprint density at radius 3 is 2.57 bits per heavy atom. The van der Waals surface area contributed by atoms with E-state index < -0.39 is 23.3 Å². The van der Waals surface area contributed by atoms with Crippen molar-refractivity contribution in [2.24, 2.45) is 0 Å². The van der Waals surface area contributed by atoms with E-state index in [-0.39, 0.29) is 34.0 Å². The molecule has 1 aliphatic heterocycles. The molecule has 4 rings (SSSR count). The SMILES string of the molecule is CCN1Cc2c(ccnc2NC(C)c2cc(F)c(-c3cc(C(C)(C)F)c(OC)cn3)cc2F)C1=O. The highest BCUT2D eigenvalue weighted by Crippen LogP contribution is 2.37. The Labute approximate surface area is 202 Å². The van der Waals surface area contributed by atoms with Gasteiger partial charge in [0.05, 0.1) is 31.6 Å². The molecule has 1 aromatic carbocycles. The number of benzene rings is 1. The van der Waals surface area contributed by atoms with Gasteiger partial charge in [-0.05, 0) is 52.0 Å². The molecule has 184 valence electrons. The molecular formula is C26H27F3N4O2. The average molecular weight is 485 g/mol. The molecule has 0 spiro atoms. The number of nitrogens with zero attached hydrogens (tertiary/aromatic N) is 3. The van der Waals surface area contributed by atoms with Gasteiger partial charge in [-0.25, -0.2) is 18.2 Å². The lowest BCUT2D eigenvalue weighted by Crippen LogP contribution is -2.22. The molecule has 3 aromatic rings. The summed E-state index contributed by atoms with van der Waals surface area (Å²) in [6.07, 6.45) is 2.81. The Morgan fingerprint density at radius 2 is 1.91 bits per heavy atom. The number of ether oxygens (including phenoxy) is 1. The van der Waals surface area contributed by atoms with E-state index in [1.165, 1.54) is 39.4 Å². The minimum absolute atomic E-state index is 0.0787. The smallest absolute Gasteiger partial charge is 0.254 e. The first-order valence-corrected chi connectivity index (χ1v) is 11.3. The van der Waals surface area contributed by atoms with Gasteiger partial charge >= 0.3 is 0 Å². The lowest BCUT2D eigenvalue weighted by molar-refractivity contribution is 0.0787. The van der Waals surface area contributed by atoms with Gasteiger partial charge in [0.15, 0.2) is 0 Å². The first-order valence-electron chi connectivity index (χ1n) is 11.3. The van der Waals surface area contributed by atoms with Crippen LogP contribution in [-0.4, -0.2) is 34.4 Å². The molecule has 0 bridgehead atoms. The molecular weight excluding hydrogens is 457 g/mol. The minimum atomic E-state index is -1.77. The standard InChI is InChI=1S/C26H27F3N4O2/c1-6-33-13-18-15(25(33)34)7-8-30-24(18)32-14(2)16-9-21(28)17(10-20(16)27)22-11-19(26(3,4)29)23(35-5)12-31-22/h7-12,14H,6,13H2,1-5H3,(H,30,32). The van der Waals surface area contributed by atoms with Gasteiger partial charge in [0.25, 0.3) is 5.91 Å². The number of amides is 1. The summed E-state index contributed by atoms with van der Waals surface area (Å²) < 4.78 is 50.2. The van der Waals surface area contributed by atoms with E-state index in [4.69, 9.17) is 4.74 Å². The second-order valence-electron chi connectivity index (χ2n) is 8.97. The number of halogens is 3. The first-order chi connectivity index (χ1) is 16.5. The second-order valence-corrected chi connectivity index (χ2v) is 8.97. The molecule has 1 atom stereocenters. The van der Waals surface area contributed by atoms with Crippen molar-refractivity contribution in [3.63, 3.8) is 0 Å². The van der Waals surface area contributed by atoms with E-state index in [2.05, 4.69) is 15.3 Å². The van der Waals surface area contributed by atoms with E-state index in [1.54, 1.807) is 17.9 Å². The van der Waals surface area contributed by atoms with Gasteiger partial charge in [-0.1, -0.05) is 0 Å². The van der Waals surface area contributed by atoms with Gasteiger partial charge in [-0.3, -0.25) is 9.78 Å². The summed E-state index contributed by atoms with van der Waals surface area (Å²) in [5.74, 6) is -0.757. The number of carbonyl (C=O) groups is 1. The van der Waals surface area contributed by atoms with Gasteiger partial charge in [-0.15, -0.1) is 0 Å². The summed E-state index contributed by atoms with van der Waals surface area (Å²) in [5.41, 5.74) is -0.215. The number of anilines is 1. The molecule has 1 aliphatic rings. The highest BCUT2D eigenvalue weighted by atomic mass is 19.1. The summed E-state index contributed by atoms with van der Waals surface area (Å²) in [5, 5.41) is 3.12. The number of aromatic nitrogens is 2. The lowest BCUT2D eigenvalue weighted by atomic mass is 9.96. The van der Waals surface area contributed by atoms with Crippen LogP contribution in [0.15, 0.2) is 36.7 Å². The molecule has 2 aromatic heterocycles. The zero-order valence-corrected chi connectivity index (χ0v) is 20.2. The van der Waals surface area contributed by atoms with Crippen LogP contribution in [0.25, 0.3) is 11.3 Å². The van der Waals surface area contributed by atoms with E-state index in [0.29, 0.717) is 24.5 Å². The van der Waals surface area contributed by atoms with E-state index in [9.17, 15) is 9.18 Å². The van der Waals surface area contributed by atoms with E-state index in [1.807, 2.05) is 6.92 Å². The Hall–Kier alpha value is -3.62. The molecule has 1 amide bonds. The normalized spacial score (nSPS) is 14.2. The maximum absolute atomic E-state index is 15.2. The Balaban J connectivity index is 1.65. The number of rotatable bonds is 7. The molecule has 0 radical (unpaired) electrons. The van der Waals surface area contributed by atoms with Crippen molar-refractivity contribution in [2.45, 2.75) is 46.0 Å². The molecule has 35 heavy (non-hydrogen) atoms. The predicted octanol–water partition coefficient (Wildman–Crippen LogP) is 5.78. The second kappa shape index (κ2) is 9.20. The molecule has 9 heteroatoms. The Morgan fingerprint density at radius 1 is 1.17 bits per heavy atom. The molecule has 1 N–H and O–H groups in total. The third kappa shape index (κ3) is 4.54.